The number of rotatable bonds is 4. The van der Waals surface area contributed by atoms with Crippen LogP contribution in [0.15, 0.2) is 54.6 Å². The van der Waals surface area contributed by atoms with Gasteiger partial charge < -0.3 is 4.74 Å². The van der Waals surface area contributed by atoms with Crippen LogP contribution in [0, 0.1) is 6.92 Å². The van der Waals surface area contributed by atoms with Gasteiger partial charge >= 0.3 is 5.97 Å². The minimum Gasteiger partial charge on any atom is -0.462 e. The van der Waals surface area contributed by atoms with Crippen molar-refractivity contribution < 1.29 is 9.53 Å². The molecule has 0 saturated heterocycles. The third-order valence-electron chi connectivity index (χ3n) is 2.75. The Hall–Kier alpha value is -2.09. The van der Waals surface area contributed by atoms with Gasteiger partial charge in [-0.2, -0.15) is 0 Å². The van der Waals surface area contributed by atoms with E-state index in [4.69, 9.17) is 4.74 Å². The molecule has 0 aliphatic rings. The number of carbonyl (C=O) groups excluding carboxylic acids is 1. The Morgan fingerprint density at radius 1 is 1.00 bits per heavy atom. The van der Waals surface area contributed by atoms with Crippen molar-refractivity contribution in [1.82, 2.24) is 0 Å². The summed E-state index contributed by atoms with van der Waals surface area (Å²) in [5.41, 5.74) is 2.92. The van der Waals surface area contributed by atoms with Crippen LogP contribution in [0.2, 0.25) is 0 Å². The van der Waals surface area contributed by atoms with Crippen LogP contribution in [-0.2, 0) is 11.2 Å². The highest BCUT2D eigenvalue weighted by molar-refractivity contribution is 5.89. The minimum absolute atomic E-state index is 0.258. The van der Waals surface area contributed by atoms with Crippen molar-refractivity contribution in [3.63, 3.8) is 0 Å². The number of aryl methyl sites for hydroxylation is 1. The van der Waals surface area contributed by atoms with Gasteiger partial charge in [0.25, 0.3) is 0 Å². The molecule has 0 bridgehead atoms. The Morgan fingerprint density at radius 3 is 2.33 bits per heavy atom. The molecule has 0 aromatic heterocycles. The highest BCUT2D eigenvalue weighted by Gasteiger charge is 2.05. The molecular weight excluding hydrogens is 224 g/mol. The Morgan fingerprint density at radius 2 is 1.67 bits per heavy atom. The number of esters is 1. The average Bonchev–Trinajstić information content (AvgIpc) is 2.40. The summed E-state index contributed by atoms with van der Waals surface area (Å²) in [6, 6.07) is 17.4. The summed E-state index contributed by atoms with van der Waals surface area (Å²) in [7, 11) is 0. The van der Waals surface area contributed by atoms with Gasteiger partial charge in [-0.3, -0.25) is 0 Å². The van der Waals surface area contributed by atoms with Gasteiger partial charge in [-0.25, -0.2) is 4.79 Å². The maximum atomic E-state index is 11.7. The number of ether oxygens (including phenoxy) is 1. The molecule has 0 heterocycles. The topological polar surface area (TPSA) is 26.3 Å². The first-order valence-electron chi connectivity index (χ1n) is 6.03. The van der Waals surface area contributed by atoms with Crippen LogP contribution < -0.4 is 0 Å². The molecular formula is C16H16O2. The quantitative estimate of drug-likeness (QED) is 0.766. The third-order valence-corrected chi connectivity index (χ3v) is 2.75. The molecule has 2 nitrogen and oxygen atoms in total. The summed E-state index contributed by atoms with van der Waals surface area (Å²) in [6.07, 6.45) is 0.748. The first-order chi connectivity index (χ1) is 8.75. The van der Waals surface area contributed by atoms with Crippen molar-refractivity contribution >= 4 is 5.97 Å². The van der Waals surface area contributed by atoms with E-state index < -0.39 is 0 Å². The van der Waals surface area contributed by atoms with Gasteiger partial charge in [0.2, 0.25) is 0 Å². The SMILES string of the molecule is Cc1ccc(C(=O)OCCc2ccccc2)cc1. The van der Waals surface area contributed by atoms with Gasteiger partial charge in [-0.1, -0.05) is 48.0 Å². The zero-order chi connectivity index (χ0) is 12.8. The van der Waals surface area contributed by atoms with E-state index in [1.54, 1.807) is 12.1 Å². The molecule has 2 rings (SSSR count). The molecule has 0 N–H and O–H groups in total. The fraction of sp³-hybridized carbons (Fsp3) is 0.188. The van der Waals surface area contributed by atoms with Crippen LogP contribution in [0.3, 0.4) is 0 Å². The lowest BCUT2D eigenvalue weighted by Crippen LogP contribution is -2.08. The normalized spacial score (nSPS) is 10.1. The van der Waals surface area contributed by atoms with Crippen molar-refractivity contribution in [2.75, 3.05) is 6.61 Å². The van der Waals surface area contributed by atoms with Crippen LogP contribution in [0.5, 0.6) is 0 Å². The highest BCUT2D eigenvalue weighted by Crippen LogP contribution is 2.06. The van der Waals surface area contributed by atoms with Gasteiger partial charge in [0.15, 0.2) is 0 Å². The van der Waals surface area contributed by atoms with Gasteiger partial charge in [0.05, 0.1) is 12.2 Å². The average molecular weight is 240 g/mol. The standard InChI is InChI=1S/C16H16O2/c1-13-7-9-15(10-8-13)16(17)18-12-11-14-5-3-2-4-6-14/h2-10H,11-12H2,1H3. The molecule has 0 radical (unpaired) electrons. The van der Waals surface area contributed by atoms with Crippen molar-refractivity contribution in [3.05, 3.63) is 71.3 Å². The summed E-state index contributed by atoms with van der Waals surface area (Å²) < 4.78 is 5.23. The van der Waals surface area contributed by atoms with Crippen molar-refractivity contribution in [2.24, 2.45) is 0 Å². The predicted octanol–water partition coefficient (Wildman–Crippen LogP) is 3.39. The van der Waals surface area contributed by atoms with Crippen molar-refractivity contribution in [2.45, 2.75) is 13.3 Å². The van der Waals surface area contributed by atoms with Crippen LogP contribution in [0.25, 0.3) is 0 Å². The molecule has 0 aliphatic carbocycles. The Kier molecular flexibility index (Phi) is 4.13. The lowest BCUT2D eigenvalue weighted by atomic mass is 10.1. The molecule has 0 fully saturated rings. The monoisotopic (exact) mass is 240 g/mol. The zero-order valence-corrected chi connectivity index (χ0v) is 10.4. The van der Waals surface area contributed by atoms with Crippen molar-refractivity contribution in [1.29, 1.82) is 0 Å². The van der Waals surface area contributed by atoms with E-state index in [0.717, 1.165) is 12.0 Å². The van der Waals surface area contributed by atoms with E-state index >= 15 is 0 Å². The first kappa shape index (κ1) is 12.4. The summed E-state index contributed by atoms with van der Waals surface area (Å²) in [5, 5.41) is 0. The lowest BCUT2D eigenvalue weighted by molar-refractivity contribution is 0.0509. The number of hydrogen-bond acceptors (Lipinski definition) is 2. The van der Waals surface area contributed by atoms with Crippen LogP contribution in [0.4, 0.5) is 0 Å². The number of carbonyl (C=O) groups is 1. The second-order valence-electron chi connectivity index (χ2n) is 4.24. The fourth-order valence-corrected chi connectivity index (χ4v) is 1.68. The van der Waals surface area contributed by atoms with Crippen LogP contribution in [0.1, 0.15) is 21.5 Å². The number of benzene rings is 2. The second kappa shape index (κ2) is 6.01. The largest absolute Gasteiger partial charge is 0.462 e. The van der Waals surface area contributed by atoms with E-state index in [9.17, 15) is 4.79 Å². The molecule has 0 aliphatic heterocycles. The van der Waals surface area contributed by atoms with E-state index in [-0.39, 0.29) is 5.97 Å². The third kappa shape index (κ3) is 3.45. The predicted molar refractivity (Wildman–Crippen MR) is 71.6 cm³/mol. The summed E-state index contributed by atoms with van der Waals surface area (Å²) >= 11 is 0. The molecule has 92 valence electrons. The molecule has 18 heavy (non-hydrogen) atoms. The summed E-state index contributed by atoms with van der Waals surface area (Å²) in [4.78, 5) is 11.7. The summed E-state index contributed by atoms with van der Waals surface area (Å²) in [5.74, 6) is -0.258. The highest BCUT2D eigenvalue weighted by atomic mass is 16.5. The van der Waals surface area contributed by atoms with Gasteiger partial charge in [-0.05, 0) is 24.6 Å². The molecule has 2 heteroatoms. The maximum Gasteiger partial charge on any atom is 0.338 e. The molecule has 0 saturated carbocycles. The maximum absolute atomic E-state index is 11.7. The minimum atomic E-state index is -0.258. The smallest absolute Gasteiger partial charge is 0.338 e. The lowest BCUT2D eigenvalue weighted by Gasteiger charge is -2.05. The van der Waals surface area contributed by atoms with Gasteiger partial charge in [0.1, 0.15) is 0 Å². The van der Waals surface area contributed by atoms with Gasteiger partial charge in [-0.15, -0.1) is 0 Å². The van der Waals surface area contributed by atoms with E-state index in [1.807, 2.05) is 49.4 Å². The fourth-order valence-electron chi connectivity index (χ4n) is 1.68. The molecule has 2 aromatic rings. The second-order valence-corrected chi connectivity index (χ2v) is 4.24. The Labute approximate surface area is 107 Å². The first-order valence-corrected chi connectivity index (χ1v) is 6.03. The zero-order valence-electron chi connectivity index (χ0n) is 10.4. The van der Waals surface area contributed by atoms with E-state index in [1.165, 1.54) is 5.56 Å². The van der Waals surface area contributed by atoms with Crippen LogP contribution >= 0.6 is 0 Å². The summed E-state index contributed by atoms with van der Waals surface area (Å²) in [6.45, 7) is 2.40. The molecule has 0 atom stereocenters. The molecule has 0 unspecified atom stereocenters. The van der Waals surface area contributed by atoms with E-state index in [0.29, 0.717) is 12.2 Å². The Balaban J connectivity index is 1.84. The molecule has 2 aromatic carbocycles. The molecule has 0 amide bonds. The van der Waals surface area contributed by atoms with Gasteiger partial charge in [0, 0.05) is 6.42 Å². The van der Waals surface area contributed by atoms with Crippen LogP contribution in [-0.4, -0.2) is 12.6 Å². The Bertz CT molecular complexity index is 500. The van der Waals surface area contributed by atoms with Crippen molar-refractivity contribution in [3.8, 4) is 0 Å². The number of hydrogen-bond donors (Lipinski definition) is 0. The van der Waals surface area contributed by atoms with E-state index in [2.05, 4.69) is 0 Å². The molecule has 0 spiro atoms.